The Kier molecular flexibility index (Phi) is 6.14. The quantitative estimate of drug-likeness (QED) is 0.356. The maximum absolute atomic E-state index is 13.1. The molecule has 4 rings (SSSR count). The first-order chi connectivity index (χ1) is 16.6. The number of halogens is 3. The Morgan fingerprint density at radius 2 is 1.89 bits per heavy atom. The van der Waals surface area contributed by atoms with Crippen molar-refractivity contribution in [1.29, 1.82) is 0 Å². The van der Waals surface area contributed by atoms with Gasteiger partial charge in [0.15, 0.2) is 0 Å². The van der Waals surface area contributed by atoms with Gasteiger partial charge in [0, 0.05) is 12.1 Å². The van der Waals surface area contributed by atoms with E-state index in [9.17, 15) is 22.8 Å². The van der Waals surface area contributed by atoms with Crippen LogP contribution >= 0.6 is 0 Å². The highest BCUT2D eigenvalue weighted by atomic mass is 19.4. The highest BCUT2D eigenvalue weighted by molar-refractivity contribution is 5.98. The van der Waals surface area contributed by atoms with E-state index in [1.54, 1.807) is 18.2 Å². The number of alkyl halides is 3. The third-order valence-corrected chi connectivity index (χ3v) is 4.71. The van der Waals surface area contributed by atoms with Gasteiger partial charge in [-0.2, -0.15) is 13.2 Å². The standard InChI is InChI=1S/C22H17F3N6O4/c1-34-21(33)30-20-28-16-7-6-15(10-17(16)29-20)35-18-8-5-14(11-27-18)31(19(26)32)13-4-2-3-12(9-13)22(23,24)25/h2-11H,1H3,(H2,26,32)(H2,28,29,30,33). The van der Waals surface area contributed by atoms with Crippen LogP contribution in [0.4, 0.5) is 40.1 Å². The molecule has 180 valence electrons. The molecule has 4 N–H and O–H groups in total. The molecular formula is C22H17F3N6O4. The minimum absolute atomic E-state index is 0.0659. The summed E-state index contributed by atoms with van der Waals surface area (Å²) < 4.78 is 49.4. The SMILES string of the molecule is COC(=O)Nc1nc2ccc(Oc3ccc(N(C(N)=O)c4cccc(C(F)(F)F)c4)cn3)cc2[nH]1. The van der Waals surface area contributed by atoms with Crippen LogP contribution in [-0.2, 0) is 10.9 Å². The van der Waals surface area contributed by atoms with E-state index in [0.29, 0.717) is 16.8 Å². The Bertz CT molecular complexity index is 1390. The molecule has 35 heavy (non-hydrogen) atoms. The van der Waals surface area contributed by atoms with Crippen LogP contribution in [0.5, 0.6) is 11.6 Å². The van der Waals surface area contributed by atoms with Crippen molar-refractivity contribution in [3.63, 3.8) is 0 Å². The van der Waals surface area contributed by atoms with Crippen LogP contribution < -0.4 is 20.7 Å². The number of H-pyrrole nitrogens is 1. The zero-order valence-corrected chi connectivity index (χ0v) is 18.0. The molecule has 3 amide bonds. The van der Waals surface area contributed by atoms with Crippen molar-refractivity contribution in [2.45, 2.75) is 6.18 Å². The van der Waals surface area contributed by atoms with E-state index in [1.807, 2.05) is 0 Å². The van der Waals surface area contributed by atoms with Crippen molar-refractivity contribution in [1.82, 2.24) is 15.0 Å². The van der Waals surface area contributed by atoms with Gasteiger partial charge in [0.05, 0.1) is 41.3 Å². The number of urea groups is 1. The van der Waals surface area contributed by atoms with Crippen molar-refractivity contribution in [2.24, 2.45) is 5.73 Å². The molecule has 2 aromatic heterocycles. The second-order valence-corrected chi connectivity index (χ2v) is 7.06. The number of pyridine rings is 1. The summed E-state index contributed by atoms with van der Waals surface area (Å²) in [4.78, 5) is 35.4. The van der Waals surface area contributed by atoms with Gasteiger partial charge in [0.1, 0.15) is 5.75 Å². The summed E-state index contributed by atoms with van der Waals surface area (Å²) in [5.74, 6) is 0.720. The average Bonchev–Trinajstić information content (AvgIpc) is 3.21. The predicted molar refractivity (Wildman–Crippen MR) is 120 cm³/mol. The minimum Gasteiger partial charge on any atom is -0.453 e. The number of aromatic amines is 1. The number of carbonyl (C=O) groups excluding carboxylic acids is 2. The highest BCUT2D eigenvalue weighted by Gasteiger charge is 2.31. The number of nitrogens with zero attached hydrogens (tertiary/aromatic N) is 3. The smallest absolute Gasteiger partial charge is 0.416 e. The van der Waals surface area contributed by atoms with Crippen LogP contribution in [0.2, 0.25) is 0 Å². The fourth-order valence-corrected chi connectivity index (χ4v) is 3.17. The first kappa shape index (κ1) is 23.4. The molecule has 2 aromatic carbocycles. The molecule has 13 heteroatoms. The lowest BCUT2D eigenvalue weighted by Crippen LogP contribution is -2.31. The van der Waals surface area contributed by atoms with E-state index < -0.39 is 23.9 Å². The molecule has 0 saturated heterocycles. The largest absolute Gasteiger partial charge is 0.453 e. The van der Waals surface area contributed by atoms with Gasteiger partial charge >= 0.3 is 18.3 Å². The highest BCUT2D eigenvalue weighted by Crippen LogP contribution is 2.34. The molecule has 0 unspecified atom stereocenters. The number of nitrogens with two attached hydrogens (primary N) is 1. The van der Waals surface area contributed by atoms with Gasteiger partial charge in [0.2, 0.25) is 11.8 Å². The first-order valence-electron chi connectivity index (χ1n) is 9.89. The number of imidazole rings is 1. The van der Waals surface area contributed by atoms with Crippen LogP contribution in [0, 0.1) is 0 Å². The van der Waals surface area contributed by atoms with Crippen LogP contribution in [-0.4, -0.2) is 34.2 Å². The molecule has 0 radical (unpaired) electrons. The topological polar surface area (TPSA) is 135 Å². The number of primary amides is 1. The third-order valence-electron chi connectivity index (χ3n) is 4.71. The number of methoxy groups -OCH3 is 1. The Morgan fingerprint density at radius 3 is 2.54 bits per heavy atom. The number of amides is 3. The van der Waals surface area contributed by atoms with Gasteiger partial charge in [-0.1, -0.05) is 6.07 Å². The minimum atomic E-state index is -4.58. The fraction of sp³-hybridized carbons (Fsp3) is 0.0909. The van der Waals surface area contributed by atoms with E-state index in [2.05, 4.69) is 25.0 Å². The van der Waals surface area contributed by atoms with Crippen LogP contribution in [0.15, 0.2) is 60.8 Å². The Hall–Kier alpha value is -4.81. The molecule has 0 spiro atoms. The summed E-state index contributed by atoms with van der Waals surface area (Å²) in [6.45, 7) is 0. The number of nitrogens with one attached hydrogen (secondary N) is 2. The monoisotopic (exact) mass is 486 g/mol. The summed E-state index contributed by atoms with van der Waals surface area (Å²) in [6.07, 6.45) is -4.02. The zero-order valence-electron chi connectivity index (χ0n) is 18.0. The number of rotatable bonds is 5. The maximum Gasteiger partial charge on any atom is 0.416 e. The normalized spacial score (nSPS) is 11.2. The zero-order chi connectivity index (χ0) is 25.2. The summed E-state index contributed by atoms with van der Waals surface area (Å²) in [7, 11) is 1.23. The molecule has 0 bridgehead atoms. The fourth-order valence-electron chi connectivity index (χ4n) is 3.17. The van der Waals surface area contributed by atoms with Crippen molar-refractivity contribution >= 4 is 40.5 Å². The van der Waals surface area contributed by atoms with E-state index in [0.717, 1.165) is 17.0 Å². The van der Waals surface area contributed by atoms with Gasteiger partial charge in [-0.3, -0.25) is 10.2 Å². The number of fused-ring (bicyclic) bond motifs is 1. The summed E-state index contributed by atoms with van der Waals surface area (Å²) in [5.41, 5.74) is 5.70. The van der Waals surface area contributed by atoms with E-state index in [1.165, 1.54) is 37.6 Å². The predicted octanol–water partition coefficient (Wildman–Crippen LogP) is 5.16. The van der Waals surface area contributed by atoms with Crippen LogP contribution in [0.1, 0.15) is 5.56 Å². The second kappa shape index (κ2) is 9.21. The van der Waals surface area contributed by atoms with Crippen molar-refractivity contribution in [3.8, 4) is 11.6 Å². The number of ether oxygens (including phenoxy) is 2. The molecule has 2 heterocycles. The number of hydrogen-bond donors (Lipinski definition) is 3. The number of anilines is 3. The molecule has 0 aliphatic rings. The Morgan fingerprint density at radius 1 is 1.09 bits per heavy atom. The lowest BCUT2D eigenvalue weighted by molar-refractivity contribution is -0.137. The summed E-state index contributed by atoms with van der Waals surface area (Å²) in [6, 6.07) is 11.0. The lowest BCUT2D eigenvalue weighted by atomic mass is 10.1. The van der Waals surface area contributed by atoms with Crippen LogP contribution in [0.25, 0.3) is 11.0 Å². The molecule has 0 aliphatic carbocycles. The average molecular weight is 486 g/mol. The molecular weight excluding hydrogens is 469 g/mol. The second-order valence-electron chi connectivity index (χ2n) is 7.06. The van der Waals surface area contributed by atoms with E-state index in [4.69, 9.17) is 10.5 Å². The van der Waals surface area contributed by atoms with E-state index >= 15 is 0 Å². The number of carbonyl (C=O) groups is 2. The Balaban J connectivity index is 1.54. The molecule has 0 atom stereocenters. The first-order valence-corrected chi connectivity index (χ1v) is 9.89. The third kappa shape index (κ3) is 5.24. The van der Waals surface area contributed by atoms with Crippen molar-refractivity contribution in [2.75, 3.05) is 17.3 Å². The van der Waals surface area contributed by atoms with Gasteiger partial charge in [-0.25, -0.2) is 19.6 Å². The number of aromatic nitrogens is 3. The van der Waals surface area contributed by atoms with Gasteiger partial charge in [-0.05, 0) is 36.4 Å². The number of hydrogen-bond acceptors (Lipinski definition) is 6. The molecule has 10 nitrogen and oxygen atoms in total. The molecule has 0 saturated carbocycles. The summed E-state index contributed by atoms with van der Waals surface area (Å²) >= 11 is 0. The van der Waals surface area contributed by atoms with Crippen molar-refractivity contribution in [3.05, 3.63) is 66.4 Å². The van der Waals surface area contributed by atoms with E-state index in [-0.39, 0.29) is 23.2 Å². The Labute approximate surface area is 195 Å². The lowest BCUT2D eigenvalue weighted by Gasteiger charge is -2.21. The number of benzene rings is 2. The summed E-state index contributed by atoms with van der Waals surface area (Å²) in [5, 5.41) is 2.42. The van der Waals surface area contributed by atoms with Crippen LogP contribution in [0.3, 0.4) is 0 Å². The van der Waals surface area contributed by atoms with Gasteiger partial charge in [0.25, 0.3) is 0 Å². The maximum atomic E-state index is 13.1. The molecule has 4 aromatic rings. The van der Waals surface area contributed by atoms with Gasteiger partial charge < -0.3 is 20.2 Å². The molecule has 0 fully saturated rings. The van der Waals surface area contributed by atoms with Crippen molar-refractivity contribution < 1.29 is 32.2 Å². The molecule has 0 aliphatic heterocycles. The van der Waals surface area contributed by atoms with Gasteiger partial charge in [-0.15, -0.1) is 0 Å².